The predicted molar refractivity (Wildman–Crippen MR) is 95.1 cm³/mol. The topological polar surface area (TPSA) is 58.6 Å². The normalized spacial score (nSPS) is 17.5. The second kappa shape index (κ2) is 6.45. The van der Waals surface area contributed by atoms with Crippen LogP contribution in [0.2, 0.25) is 0 Å². The van der Waals surface area contributed by atoms with Crippen LogP contribution in [0, 0.1) is 6.92 Å². The Hall–Kier alpha value is -2.05. The van der Waals surface area contributed by atoms with E-state index in [1.807, 2.05) is 38.2 Å². The lowest BCUT2D eigenvalue weighted by molar-refractivity contribution is 0.411. The molecule has 0 fully saturated rings. The van der Waals surface area contributed by atoms with Crippen LogP contribution in [0.15, 0.2) is 47.4 Å². The largest absolute Gasteiger partial charge is 0.496 e. The first-order valence-electron chi connectivity index (χ1n) is 7.89. The lowest BCUT2D eigenvalue weighted by atomic mass is 9.98. The van der Waals surface area contributed by atoms with Gasteiger partial charge in [0.25, 0.3) is 0 Å². The number of nitrogens with one attached hydrogen (secondary N) is 1. The first-order valence-corrected chi connectivity index (χ1v) is 9.38. The second-order valence-corrected chi connectivity index (χ2v) is 7.79. The van der Waals surface area contributed by atoms with E-state index >= 15 is 0 Å². The number of hydrogen-bond acceptors (Lipinski definition) is 4. The molecule has 128 valence electrons. The van der Waals surface area contributed by atoms with Crippen molar-refractivity contribution in [1.82, 2.24) is 4.72 Å². The van der Waals surface area contributed by atoms with Gasteiger partial charge in [-0.15, -0.1) is 0 Å². The van der Waals surface area contributed by atoms with Crippen molar-refractivity contribution in [3.63, 3.8) is 0 Å². The molecule has 1 heterocycles. The fourth-order valence-electron chi connectivity index (χ4n) is 3.12. The SMILES string of the molecule is COc1ccc(S(=O)(=O)NC2CCN(C)c3ccccc32)cc1C. The van der Waals surface area contributed by atoms with E-state index in [0.717, 1.165) is 29.8 Å². The van der Waals surface area contributed by atoms with Crippen LogP contribution in [0.1, 0.15) is 23.6 Å². The van der Waals surface area contributed by atoms with Gasteiger partial charge < -0.3 is 9.64 Å². The average Bonchev–Trinajstić information content (AvgIpc) is 2.57. The summed E-state index contributed by atoms with van der Waals surface area (Å²) in [5, 5.41) is 0. The highest BCUT2D eigenvalue weighted by atomic mass is 32.2. The first kappa shape index (κ1) is 16.8. The highest BCUT2D eigenvalue weighted by Gasteiger charge is 2.27. The van der Waals surface area contributed by atoms with Gasteiger partial charge in [-0.3, -0.25) is 0 Å². The van der Waals surface area contributed by atoms with Gasteiger partial charge >= 0.3 is 0 Å². The summed E-state index contributed by atoms with van der Waals surface area (Å²) in [5.41, 5.74) is 2.88. The monoisotopic (exact) mass is 346 g/mol. The molecule has 0 saturated carbocycles. The summed E-state index contributed by atoms with van der Waals surface area (Å²) >= 11 is 0. The third-order valence-electron chi connectivity index (χ3n) is 4.45. The Balaban J connectivity index is 1.90. The van der Waals surface area contributed by atoms with Crippen LogP contribution in [0.4, 0.5) is 5.69 Å². The number of sulfonamides is 1. The van der Waals surface area contributed by atoms with Crippen molar-refractivity contribution in [3.05, 3.63) is 53.6 Å². The summed E-state index contributed by atoms with van der Waals surface area (Å²) in [6, 6.07) is 12.6. The lowest BCUT2D eigenvalue weighted by Gasteiger charge is -2.33. The number of ether oxygens (including phenoxy) is 1. The number of rotatable bonds is 4. The molecule has 0 aromatic heterocycles. The molecular weight excluding hydrogens is 324 g/mol. The summed E-state index contributed by atoms with van der Waals surface area (Å²) < 4.78 is 33.6. The number of methoxy groups -OCH3 is 1. The smallest absolute Gasteiger partial charge is 0.241 e. The minimum Gasteiger partial charge on any atom is -0.496 e. The van der Waals surface area contributed by atoms with Gasteiger partial charge in [-0.1, -0.05) is 18.2 Å². The molecule has 3 rings (SSSR count). The predicted octanol–water partition coefficient (Wildman–Crippen LogP) is 2.86. The van der Waals surface area contributed by atoms with E-state index in [2.05, 4.69) is 9.62 Å². The summed E-state index contributed by atoms with van der Waals surface area (Å²) in [4.78, 5) is 2.41. The molecule has 0 bridgehead atoms. The lowest BCUT2D eigenvalue weighted by Crippen LogP contribution is -2.36. The molecule has 1 aliphatic heterocycles. The van der Waals surface area contributed by atoms with E-state index in [1.165, 1.54) is 0 Å². The Bertz CT molecular complexity index is 849. The molecule has 0 spiro atoms. The van der Waals surface area contributed by atoms with Crippen LogP contribution < -0.4 is 14.4 Å². The van der Waals surface area contributed by atoms with Crippen LogP contribution >= 0.6 is 0 Å². The Morgan fingerprint density at radius 2 is 1.96 bits per heavy atom. The first-order chi connectivity index (χ1) is 11.4. The minimum atomic E-state index is -3.59. The van der Waals surface area contributed by atoms with E-state index < -0.39 is 10.0 Å². The maximum atomic E-state index is 12.8. The summed E-state index contributed by atoms with van der Waals surface area (Å²) in [6.07, 6.45) is 0.738. The van der Waals surface area contributed by atoms with E-state index in [9.17, 15) is 8.42 Å². The van der Waals surface area contributed by atoms with Gasteiger partial charge in [-0.25, -0.2) is 13.1 Å². The zero-order valence-electron chi connectivity index (χ0n) is 14.1. The Labute approximate surface area is 143 Å². The molecule has 2 aromatic rings. The van der Waals surface area contributed by atoms with Crippen LogP contribution in [-0.2, 0) is 10.0 Å². The molecule has 1 unspecified atom stereocenters. The van der Waals surface area contributed by atoms with Gasteiger partial charge in [0.2, 0.25) is 10.0 Å². The van der Waals surface area contributed by atoms with Crippen molar-refractivity contribution in [2.45, 2.75) is 24.3 Å². The quantitative estimate of drug-likeness (QED) is 0.925. The molecule has 1 N–H and O–H groups in total. The van der Waals surface area contributed by atoms with Crippen molar-refractivity contribution in [2.24, 2.45) is 0 Å². The molecular formula is C18H22N2O3S. The standard InChI is InChI=1S/C18H22N2O3S/c1-13-12-14(8-9-18(13)23-3)24(21,22)19-16-10-11-20(2)17-7-5-4-6-15(16)17/h4-9,12,16,19H,10-11H2,1-3H3. The number of anilines is 1. The molecule has 6 heteroatoms. The van der Waals surface area contributed by atoms with Crippen molar-refractivity contribution in [3.8, 4) is 5.75 Å². The number of hydrogen-bond donors (Lipinski definition) is 1. The van der Waals surface area contributed by atoms with E-state index in [1.54, 1.807) is 25.3 Å². The van der Waals surface area contributed by atoms with Crippen LogP contribution in [0.5, 0.6) is 5.75 Å². The maximum absolute atomic E-state index is 12.8. The zero-order chi connectivity index (χ0) is 17.3. The van der Waals surface area contributed by atoms with E-state index in [-0.39, 0.29) is 10.9 Å². The molecule has 5 nitrogen and oxygen atoms in total. The minimum absolute atomic E-state index is 0.218. The Morgan fingerprint density at radius 1 is 1.21 bits per heavy atom. The van der Waals surface area contributed by atoms with Gasteiger partial charge in [0.15, 0.2) is 0 Å². The fraction of sp³-hybridized carbons (Fsp3) is 0.333. The van der Waals surface area contributed by atoms with Crippen LogP contribution in [0.25, 0.3) is 0 Å². The summed E-state index contributed by atoms with van der Waals surface area (Å²) in [5.74, 6) is 0.679. The number of nitrogens with zero attached hydrogens (tertiary/aromatic N) is 1. The molecule has 0 radical (unpaired) electrons. The maximum Gasteiger partial charge on any atom is 0.241 e. The molecule has 1 atom stereocenters. The van der Waals surface area contributed by atoms with E-state index in [4.69, 9.17) is 4.74 Å². The Morgan fingerprint density at radius 3 is 2.67 bits per heavy atom. The van der Waals surface area contributed by atoms with Gasteiger partial charge in [0.1, 0.15) is 5.75 Å². The van der Waals surface area contributed by atoms with Crippen LogP contribution in [-0.4, -0.2) is 29.1 Å². The number of para-hydroxylation sites is 1. The fourth-order valence-corrected chi connectivity index (χ4v) is 4.46. The number of fused-ring (bicyclic) bond motifs is 1. The molecule has 2 aromatic carbocycles. The second-order valence-electron chi connectivity index (χ2n) is 6.07. The highest BCUT2D eigenvalue weighted by molar-refractivity contribution is 7.89. The van der Waals surface area contributed by atoms with Crippen molar-refractivity contribution in [2.75, 3.05) is 25.6 Å². The highest BCUT2D eigenvalue weighted by Crippen LogP contribution is 2.33. The van der Waals surface area contributed by atoms with Gasteiger partial charge in [0, 0.05) is 19.3 Å². The van der Waals surface area contributed by atoms with Gasteiger partial charge in [-0.05, 0) is 48.7 Å². The Kier molecular flexibility index (Phi) is 4.51. The number of benzene rings is 2. The van der Waals surface area contributed by atoms with E-state index in [0.29, 0.717) is 5.75 Å². The van der Waals surface area contributed by atoms with Crippen molar-refractivity contribution < 1.29 is 13.2 Å². The zero-order valence-corrected chi connectivity index (χ0v) is 14.9. The summed E-state index contributed by atoms with van der Waals surface area (Å²) in [7, 11) is 0.00617. The molecule has 0 amide bonds. The molecule has 1 aliphatic rings. The third-order valence-corrected chi connectivity index (χ3v) is 5.92. The number of aryl methyl sites for hydroxylation is 1. The average molecular weight is 346 g/mol. The van der Waals surface area contributed by atoms with Gasteiger partial charge in [-0.2, -0.15) is 0 Å². The third kappa shape index (κ3) is 3.12. The summed E-state index contributed by atoms with van der Waals surface area (Å²) in [6.45, 7) is 2.65. The van der Waals surface area contributed by atoms with Crippen molar-refractivity contribution in [1.29, 1.82) is 0 Å². The van der Waals surface area contributed by atoms with Crippen molar-refractivity contribution >= 4 is 15.7 Å². The van der Waals surface area contributed by atoms with Gasteiger partial charge in [0.05, 0.1) is 18.0 Å². The van der Waals surface area contributed by atoms with Crippen LogP contribution in [0.3, 0.4) is 0 Å². The molecule has 0 saturated heterocycles. The molecule has 0 aliphatic carbocycles. The molecule has 24 heavy (non-hydrogen) atoms.